The molecule has 0 bridgehead atoms. The number of nitro benzene ring substituents is 1. The topological polar surface area (TPSA) is 72.7 Å². The van der Waals surface area contributed by atoms with Gasteiger partial charge in [0.05, 0.1) is 11.5 Å². The Morgan fingerprint density at radius 3 is 2.90 bits per heavy atom. The Bertz CT molecular complexity index is 544. The molecule has 0 radical (unpaired) electrons. The number of piperidine rings is 1. The van der Waals surface area contributed by atoms with Gasteiger partial charge in [-0.1, -0.05) is 6.07 Å². The molecule has 1 aromatic rings. The van der Waals surface area contributed by atoms with Crippen LogP contribution in [0, 0.1) is 17.0 Å². The van der Waals surface area contributed by atoms with Crippen molar-refractivity contribution in [3.63, 3.8) is 0 Å². The molecule has 1 heterocycles. The lowest BCUT2D eigenvalue weighted by Crippen LogP contribution is -2.45. The van der Waals surface area contributed by atoms with Gasteiger partial charge in [0.15, 0.2) is 0 Å². The van der Waals surface area contributed by atoms with Gasteiger partial charge in [-0.15, -0.1) is 0 Å². The molecule has 114 valence electrons. The summed E-state index contributed by atoms with van der Waals surface area (Å²) in [5.74, 6) is -0.250. The minimum absolute atomic E-state index is 0.0840. The summed E-state index contributed by atoms with van der Waals surface area (Å²) in [7, 11) is 0. The predicted octanol–water partition coefficient (Wildman–Crippen LogP) is 2.83. The molecular formula is C15H20N2O4. The van der Waals surface area contributed by atoms with Crippen LogP contribution in [-0.2, 0) is 9.53 Å². The molecule has 2 rings (SSSR count). The fraction of sp³-hybridized carbons (Fsp3) is 0.533. The largest absolute Gasteiger partial charge is 0.464 e. The van der Waals surface area contributed by atoms with Gasteiger partial charge in [-0.25, -0.2) is 4.79 Å². The van der Waals surface area contributed by atoms with Crippen LogP contribution >= 0.6 is 0 Å². The average Bonchev–Trinajstić information content (AvgIpc) is 2.47. The van der Waals surface area contributed by atoms with Crippen molar-refractivity contribution in [2.45, 2.75) is 39.2 Å². The van der Waals surface area contributed by atoms with Crippen molar-refractivity contribution in [3.8, 4) is 0 Å². The Hall–Kier alpha value is -2.11. The molecule has 0 amide bonds. The van der Waals surface area contributed by atoms with Gasteiger partial charge < -0.3 is 9.64 Å². The van der Waals surface area contributed by atoms with Crippen LogP contribution < -0.4 is 4.90 Å². The fourth-order valence-electron chi connectivity index (χ4n) is 2.70. The fourth-order valence-corrected chi connectivity index (χ4v) is 2.70. The van der Waals surface area contributed by atoms with E-state index in [1.54, 1.807) is 26.0 Å². The van der Waals surface area contributed by atoms with Crippen LogP contribution in [0.25, 0.3) is 0 Å². The van der Waals surface area contributed by atoms with Crippen molar-refractivity contribution >= 4 is 17.3 Å². The number of benzene rings is 1. The maximum Gasteiger partial charge on any atom is 0.328 e. The van der Waals surface area contributed by atoms with Crippen LogP contribution in [0.1, 0.15) is 31.7 Å². The standard InChI is InChI=1S/C15H20N2O4/c1-3-21-15(18)13-6-4-5-9-16(13)12-8-7-11(2)14(10-12)17(19)20/h7-8,10,13H,3-6,9H2,1-2H3. The maximum atomic E-state index is 12.1. The SMILES string of the molecule is CCOC(=O)C1CCCCN1c1ccc(C)c([N+](=O)[O-])c1. The molecule has 1 aliphatic heterocycles. The van der Waals surface area contributed by atoms with Gasteiger partial charge in [0.2, 0.25) is 0 Å². The summed E-state index contributed by atoms with van der Waals surface area (Å²) in [6.45, 7) is 4.55. The van der Waals surface area contributed by atoms with E-state index in [1.807, 2.05) is 11.0 Å². The molecule has 0 aliphatic carbocycles. The number of rotatable bonds is 4. The molecule has 6 nitrogen and oxygen atoms in total. The quantitative estimate of drug-likeness (QED) is 0.484. The lowest BCUT2D eigenvalue weighted by molar-refractivity contribution is -0.385. The Labute approximate surface area is 123 Å². The number of anilines is 1. The smallest absolute Gasteiger partial charge is 0.328 e. The third-order valence-electron chi connectivity index (χ3n) is 3.78. The van der Waals surface area contributed by atoms with E-state index in [1.165, 1.54) is 0 Å². The Balaban J connectivity index is 2.31. The third-order valence-corrected chi connectivity index (χ3v) is 3.78. The van der Waals surface area contributed by atoms with E-state index in [2.05, 4.69) is 0 Å². The van der Waals surface area contributed by atoms with Crippen LogP contribution in [0.2, 0.25) is 0 Å². The second-order valence-electron chi connectivity index (χ2n) is 5.18. The zero-order chi connectivity index (χ0) is 15.4. The van der Waals surface area contributed by atoms with Crippen molar-refractivity contribution in [1.29, 1.82) is 0 Å². The maximum absolute atomic E-state index is 12.1. The van der Waals surface area contributed by atoms with E-state index in [0.717, 1.165) is 19.3 Å². The average molecular weight is 292 g/mol. The summed E-state index contributed by atoms with van der Waals surface area (Å²) in [5, 5.41) is 11.1. The first kappa shape index (κ1) is 15.3. The highest BCUT2D eigenvalue weighted by molar-refractivity contribution is 5.80. The molecule has 0 N–H and O–H groups in total. The number of hydrogen-bond acceptors (Lipinski definition) is 5. The monoisotopic (exact) mass is 292 g/mol. The van der Waals surface area contributed by atoms with Gasteiger partial charge in [0.1, 0.15) is 6.04 Å². The first-order chi connectivity index (χ1) is 10.0. The highest BCUT2D eigenvalue weighted by Crippen LogP contribution is 2.30. The van der Waals surface area contributed by atoms with E-state index in [4.69, 9.17) is 4.74 Å². The molecule has 1 aliphatic rings. The first-order valence-corrected chi connectivity index (χ1v) is 7.23. The van der Waals surface area contributed by atoms with Crippen molar-refractivity contribution < 1.29 is 14.5 Å². The number of ether oxygens (including phenoxy) is 1. The summed E-state index contributed by atoms with van der Waals surface area (Å²) in [6, 6.07) is 4.76. The Kier molecular flexibility index (Phi) is 4.77. The van der Waals surface area contributed by atoms with E-state index in [9.17, 15) is 14.9 Å². The van der Waals surface area contributed by atoms with Gasteiger partial charge in [-0.2, -0.15) is 0 Å². The summed E-state index contributed by atoms with van der Waals surface area (Å²) >= 11 is 0. The molecule has 6 heteroatoms. The summed E-state index contributed by atoms with van der Waals surface area (Å²) in [5.41, 5.74) is 1.42. The van der Waals surface area contributed by atoms with Crippen LogP contribution in [0.3, 0.4) is 0 Å². The second-order valence-corrected chi connectivity index (χ2v) is 5.18. The van der Waals surface area contributed by atoms with E-state index < -0.39 is 0 Å². The van der Waals surface area contributed by atoms with Gasteiger partial charge in [0, 0.05) is 23.9 Å². The van der Waals surface area contributed by atoms with Crippen molar-refractivity contribution in [2.75, 3.05) is 18.1 Å². The number of nitro groups is 1. The lowest BCUT2D eigenvalue weighted by atomic mass is 10.0. The van der Waals surface area contributed by atoms with E-state index >= 15 is 0 Å². The van der Waals surface area contributed by atoms with Crippen LogP contribution in [0.15, 0.2) is 18.2 Å². The van der Waals surface area contributed by atoms with Crippen LogP contribution in [0.5, 0.6) is 0 Å². The number of aryl methyl sites for hydroxylation is 1. The Morgan fingerprint density at radius 2 is 2.24 bits per heavy atom. The molecule has 1 aromatic carbocycles. The minimum Gasteiger partial charge on any atom is -0.464 e. The minimum atomic E-state index is -0.387. The first-order valence-electron chi connectivity index (χ1n) is 7.23. The molecule has 1 saturated heterocycles. The number of nitrogens with zero attached hydrogens (tertiary/aromatic N) is 2. The highest BCUT2D eigenvalue weighted by Gasteiger charge is 2.30. The number of hydrogen-bond donors (Lipinski definition) is 0. The lowest BCUT2D eigenvalue weighted by Gasteiger charge is -2.35. The molecule has 1 fully saturated rings. The summed E-state index contributed by atoms with van der Waals surface area (Å²) in [4.78, 5) is 24.7. The van der Waals surface area contributed by atoms with Gasteiger partial charge in [0.25, 0.3) is 5.69 Å². The van der Waals surface area contributed by atoms with E-state index in [-0.39, 0.29) is 22.6 Å². The normalized spacial score (nSPS) is 18.4. The van der Waals surface area contributed by atoms with Crippen molar-refractivity contribution in [1.82, 2.24) is 0 Å². The van der Waals surface area contributed by atoms with Crippen LogP contribution in [0.4, 0.5) is 11.4 Å². The van der Waals surface area contributed by atoms with Gasteiger partial charge in [-0.3, -0.25) is 10.1 Å². The third kappa shape index (κ3) is 3.32. The Morgan fingerprint density at radius 1 is 1.48 bits per heavy atom. The predicted molar refractivity (Wildman–Crippen MR) is 79.5 cm³/mol. The van der Waals surface area contributed by atoms with Gasteiger partial charge in [-0.05, 0) is 39.2 Å². The highest BCUT2D eigenvalue weighted by atomic mass is 16.6. The molecule has 0 aromatic heterocycles. The molecular weight excluding hydrogens is 272 g/mol. The van der Waals surface area contributed by atoms with Crippen molar-refractivity contribution in [3.05, 3.63) is 33.9 Å². The van der Waals surface area contributed by atoms with Crippen molar-refractivity contribution in [2.24, 2.45) is 0 Å². The molecule has 1 atom stereocenters. The summed E-state index contributed by atoms with van der Waals surface area (Å²) in [6.07, 6.45) is 2.66. The molecule has 21 heavy (non-hydrogen) atoms. The molecule has 0 saturated carbocycles. The molecule has 1 unspecified atom stereocenters. The second kappa shape index (κ2) is 6.56. The zero-order valence-electron chi connectivity index (χ0n) is 12.4. The van der Waals surface area contributed by atoms with Gasteiger partial charge >= 0.3 is 5.97 Å². The van der Waals surface area contributed by atoms with E-state index in [0.29, 0.717) is 24.4 Å². The number of esters is 1. The van der Waals surface area contributed by atoms with Crippen LogP contribution in [-0.4, -0.2) is 30.1 Å². The zero-order valence-corrected chi connectivity index (χ0v) is 12.4. The summed E-state index contributed by atoms with van der Waals surface area (Å²) < 4.78 is 5.12. The molecule has 0 spiro atoms. The number of carbonyl (C=O) groups is 1. The number of carbonyl (C=O) groups excluding carboxylic acids is 1.